The molecule has 34 heavy (non-hydrogen) atoms. The Bertz CT molecular complexity index is 1100. The summed E-state index contributed by atoms with van der Waals surface area (Å²) in [6.07, 6.45) is 7.14. The summed E-state index contributed by atoms with van der Waals surface area (Å²) in [4.78, 5) is 9.06. The smallest absolute Gasteiger partial charge is 0.133 e. The molecular formula is C25H34BrFN6O. The van der Waals surface area contributed by atoms with Crippen LogP contribution in [0.2, 0.25) is 0 Å². The number of benzene rings is 1. The van der Waals surface area contributed by atoms with Gasteiger partial charge in [-0.15, -0.1) is 0 Å². The first-order valence-corrected chi connectivity index (χ1v) is 12.5. The van der Waals surface area contributed by atoms with Crippen LogP contribution in [0.5, 0.6) is 0 Å². The summed E-state index contributed by atoms with van der Waals surface area (Å²) in [6, 6.07) is 6.65. The highest BCUT2D eigenvalue weighted by Gasteiger charge is 2.14. The molecule has 0 radical (unpaired) electrons. The number of hydrogen-bond donors (Lipinski definition) is 3. The zero-order chi connectivity index (χ0) is 24.9. The van der Waals surface area contributed by atoms with E-state index >= 15 is 0 Å². The number of nitrogens with one attached hydrogen (secondary N) is 2. The minimum atomic E-state index is -0.306. The zero-order valence-corrected chi connectivity index (χ0v) is 21.8. The SMILES string of the molecule is CC.CC.Nc1[nH]ncc(-c2cnc3ccc(F)cc3c2)cnc(CNC2CCCOC2)c1Br. The quantitative estimate of drug-likeness (QED) is 0.383. The van der Waals surface area contributed by atoms with Crippen molar-refractivity contribution in [3.05, 3.63) is 58.8 Å². The molecule has 0 amide bonds. The lowest BCUT2D eigenvalue weighted by Gasteiger charge is -2.23. The summed E-state index contributed by atoms with van der Waals surface area (Å²) in [5.74, 6) is 0.0549. The molecule has 2 aromatic heterocycles. The van der Waals surface area contributed by atoms with Crippen LogP contribution in [0.25, 0.3) is 22.0 Å². The highest BCUT2D eigenvalue weighted by Crippen LogP contribution is 2.23. The predicted molar refractivity (Wildman–Crippen MR) is 140 cm³/mol. The molecule has 184 valence electrons. The molecular weight excluding hydrogens is 499 g/mol. The highest BCUT2D eigenvalue weighted by atomic mass is 79.9. The number of nitrogens with zero attached hydrogens (tertiary/aromatic N) is 3. The lowest BCUT2D eigenvalue weighted by molar-refractivity contribution is 0.0698. The number of pyridine rings is 1. The van der Waals surface area contributed by atoms with E-state index in [1.807, 2.05) is 33.8 Å². The van der Waals surface area contributed by atoms with Gasteiger partial charge in [0.2, 0.25) is 0 Å². The molecule has 4 N–H and O–H groups in total. The Kier molecular flexibility index (Phi) is 11.9. The monoisotopic (exact) mass is 532 g/mol. The second-order valence-electron chi connectivity index (χ2n) is 7.11. The van der Waals surface area contributed by atoms with E-state index in [4.69, 9.17) is 10.5 Å². The van der Waals surface area contributed by atoms with Crippen molar-refractivity contribution in [2.45, 2.75) is 53.1 Å². The molecule has 9 heteroatoms. The van der Waals surface area contributed by atoms with Gasteiger partial charge in [-0.3, -0.25) is 15.1 Å². The van der Waals surface area contributed by atoms with Crippen LogP contribution in [0.4, 0.5) is 10.2 Å². The van der Waals surface area contributed by atoms with E-state index in [9.17, 15) is 4.39 Å². The van der Waals surface area contributed by atoms with Gasteiger partial charge in [0.15, 0.2) is 0 Å². The number of aromatic amines is 1. The third-order valence-corrected chi connectivity index (χ3v) is 5.82. The van der Waals surface area contributed by atoms with Crippen LogP contribution in [0, 0.1) is 5.82 Å². The summed E-state index contributed by atoms with van der Waals surface area (Å²) >= 11 is 3.51. The average molecular weight is 533 g/mol. The van der Waals surface area contributed by atoms with Crippen LogP contribution >= 0.6 is 15.9 Å². The van der Waals surface area contributed by atoms with Gasteiger partial charge in [0, 0.05) is 48.1 Å². The predicted octanol–water partition coefficient (Wildman–Crippen LogP) is 5.95. The lowest BCUT2D eigenvalue weighted by Crippen LogP contribution is -2.36. The van der Waals surface area contributed by atoms with Crippen molar-refractivity contribution in [3.63, 3.8) is 0 Å². The molecule has 4 rings (SSSR count). The molecule has 3 aromatic rings. The Labute approximate surface area is 209 Å². The Morgan fingerprint density at radius 1 is 1.12 bits per heavy atom. The summed E-state index contributed by atoms with van der Waals surface area (Å²) in [6.45, 7) is 10.0. The number of H-pyrrole nitrogens is 1. The van der Waals surface area contributed by atoms with Gasteiger partial charge in [-0.25, -0.2) is 4.39 Å². The van der Waals surface area contributed by atoms with E-state index in [2.05, 4.69) is 41.4 Å². The molecule has 0 saturated carbocycles. The standard InChI is InChI=1S/C21H22BrFN6O.2C2H6/c22-20-19(11-25-17-2-1-5-30-12-17)27-9-15(10-28-29-21(20)24)14-6-13-7-16(23)3-4-18(13)26-8-14;2*1-2/h3-4,6-10,17,25,29H,1-2,5,11-12,24H2;2*1-2H3. The first-order chi connectivity index (χ1) is 16.6. The van der Waals surface area contributed by atoms with E-state index < -0.39 is 0 Å². The molecule has 7 nitrogen and oxygen atoms in total. The highest BCUT2D eigenvalue weighted by molar-refractivity contribution is 9.10. The second kappa shape index (κ2) is 14.6. The molecule has 1 fully saturated rings. The lowest BCUT2D eigenvalue weighted by atomic mass is 10.1. The Morgan fingerprint density at radius 3 is 2.62 bits per heavy atom. The Hall–Kier alpha value is -2.62. The van der Waals surface area contributed by atoms with Crippen LogP contribution in [0.1, 0.15) is 46.2 Å². The van der Waals surface area contributed by atoms with Gasteiger partial charge in [-0.2, -0.15) is 5.10 Å². The largest absolute Gasteiger partial charge is 0.383 e. The number of nitrogens with two attached hydrogens (primary N) is 1. The number of ether oxygens (including phenoxy) is 1. The van der Waals surface area contributed by atoms with E-state index in [0.29, 0.717) is 28.8 Å². The van der Waals surface area contributed by atoms with Gasteiger partial charge >= 0.3 is 0 Å². The van der Waals surface area contributed by atoms with Crippen molar-refractivity contribution in [1.82, 2.24) is 25.5 Å². The maximum Gasteiger partial charge on any atom is 0.133 e. The van der Waals surface area contributed by atoms with E-state index in [0.717, 1.165) is 41.8 Å². The fourth-order valence-electron chi connectivity index (χ4n) is 3.29. The third-order valence-electron chi connectivity index (χ3n) is 4.93. The van der Waals surface area contributed by atoms with Crippen LogP contribution < -0.4 is 11.1 Å². The number of fused-ring (bicyclic) bond motifs is 1. The number of anilines is 1. The van der Waals surface area contributed by atoms with Crippen molar-refractivity contribution in [1.29, 1.82) is 0 Å². The fraction of sp³-hybridized carbons (Fsp3) is 0.400. The Balaban J connectivity index is 0.000000970. The second-order valence-corrected chi connectivity index (χ2v) is 7.91. The molecule has 1 unspecified atom stereocenters. The fourth-order valence-corrected chi connectivity index (χ4v) is 3.62. The van der Waals surface area contributed by atoms with Gasteiger partial charge in [-0.1, -0.05) is 27.7 Å². The molecule has 0 aliphatic carbocycles. The molecule has 3 heterocycles. The molecule has 1 saturated heterocycles. The maximum absolute atomic E-state index is 13.6. The van der Waals surface area contributed by atoms with Gasteiger partial charge in [0.25, 0.3) is 0 Å². The summed E-state index contributed by atoms with van der Waals surface area (Å²) in [5.41, 5.74) is 9.02. The van der Waals surface area contributed by atoms with Gasteiger partial charge in [0.1, 0.15) is 11.6 Å². The average Bonchev–Trinajstić information content (AvgIpc) is 2.95. The van der Waals surface area contributed by atoms with Crippen LogP contribution in [0.3, 0.4) is 0 Å². The van der Waals surface area contributed by atoms with Crippen molar-refractivity contribution in [3.8, 4) is 11.1 Å². The first kappa shape index (κ1) is 27.6. The number of rotatable bonds is 4. The van der Waals surface area contributed by atoms with Crippen molar-refractivity contribution >= 4 is 32.7 Å². The topological polar surface area (TPSA) is 102 Å². The first-order valence-electron chi connectivity index (χ1n) is 11.7. The normalized spacial score (nSPS) is 14.8. The van der Waals surface area contributed by atoms with Gasteiger partial charge in [0.05, 0.1) is 28.5 Å². The van der Waals surface area contributed by atoms with Crippen molar-refractivity contribution < 1.29 is 9.13 Å². The van der Waals surface area contributed by atoms with Crippen molar-refractivity contribution in [2.75, 3.05) is 18.9 Å². The number of hydrogen-bond acceptors (Lipinski definition) is 6. The van der Waals surface area contributed by atoms with Gasteiger partial charge in [-0.05, 0) is 53.0 Å². The van der Waals surface area contributed by atoms with E-state index in [-0.39, 0.29) is 11.9 Å². The summed E-state index contributed by atoms with van der Waals surface area (Å²) in [7, 11) is 0. The Morgan fingerprint density at radius 2 is 1.88 bits per heavy atom. The van der Waals surface area contributed by atoms with Gasteiger partial charge < -0.3 is 15.8 Å². The number of nitrogen functional groups attached to an aromatic ring is 1. The third kappa shape index (κ3) is 7.72. The number of aromatic nitrogens is 4. The van der Waals surface area contributed by atoms with E-state index in [1.165, 1.54) is 12.1 Å². The molecule has 1 aliphatic heterocycles. The van der Waals surface area contributed by atoms with Crippen LogP contribution in [-0.2, 0) is 11.3 Å². The molecule has 0 bridgehead atoms. The minimum absolute atomic E-state index is 0.280. The maximum atomic E-state index is 13.6. The van der Waals surface area contributed by atoms with Crippen LogP contribution in [-0.4, -0.2) is 39.4 Å². The van der Waals surface area contributed by atoms with Crippen LogP contribution in [0.15, 0.2) is 47.3 Å². The zero-order valence-electron chi connectivity index (χ0n) is 20.2. The number of halogens is 2. The summed E-state index contributed by atoms with van der Waals surface area (Å²) in [5, 5.41) is 11.2. The molecule has 0 spiro atoms. The van der Waals surface area contributed by atoms with Crippen molar-refractivity contribution in [2.24, 2.45) is 0 Å². The summed E-state index contributed by atoms with van der Waals surface area (Å²) < 4.78 is 19.8. The minimum Gasteiger partial charge on any atom is -0.383 e. The van der Waals surface area contributed by atoms with E-state index in [1.54, 1.807) is 24.7 Å². The molecule has 1 atom stereocenters. The molecule has 1 aromatic carbocycles. The molecule has 1 aliphatic rings.